The maximum Gasteiger partial charge on any atom is 0.272 e. The van der Waals surface area contributed by atoms with Crippen LogP contribution < -0.4 is 5.32 Å². The van der Waals surface area contributed by atoms with Crippen LogP contribution in [0.5, 0.6) is 0 Å². The summed E-state index contributed by atoms with van der Waals surface area (Å²) < 4.78 is 0. The zero-order valence-electron chi connectivity index (χ0n) is 10.2. The van der Waals surface area contributed by atoms with Gasteiger partial charge in [0.15, 0.2) is 0 Å². The zero-order valence-corrected chi connectivity index (χ0v) is 10.2. The number of aromatic amines is 1. The molecule has 7 heteroatoms. The Balaban J connectivity index is 2.07. The number of aromatic nitrogens is 2. The van der Waals surface area contributed by atoms with Crippen LogP contribution >= 0.6 is 0 Å². The van der Waals surface area contributed by atoms with E-state index in [9.17, 15) is 14.9 Å². The van der Waals surface area contributed by atoms with Gasteiger partial charge in [-0.1, -0.05) is 0 Å². The summed E-state index contributed by atoms with van der Waals surface area (Å²) in [5.41, 5.74) is 0.841. The number of carbonyl (C=O) groups is 1. The Kier molecular flexibility index (Phi) is 3.56. The normalized spacial score (nSPS) is 10.2. The molecule has 0 saturated heterocycles. The van der Waals surface area contributed by atoms with E-state index >= 15 is 0 Å². The third-order valence-electron chi connectivity index (χ3n) is 2.63. The number of H-pyrrole nitrogens is 1. The lowest BCUT2D eigenvalue weighted by Gasteiger charge is -2.04. The van der Waals surface area contributed by atoms with Crippen LogP contribution in [0.4, 0.5) is 5.69 Å². The smallest absolute Gasteiger partial charge is 0.272 e. The van der Waals surface area contributed by atoms with Gasteiger partial charge in [-0.05, 0) is 19.1 Å². The minimum absolute atomic E-state index is 0.00239. The van der Waals surface area contributed by atoms with Gasteiger partial charge < -0.3 is 10.3 Å². The van der Waals surface area contributed by atoms with Crippen LogP contribution in [0.3, 0.4) is 0 Å². The Hall–Kier alpha value is -2.70. The van der Waals surface area contributed by atoms with E-state index in [0.29, 0.717) is 17.0 Å². The molecule has 0 atom stereocenters. The van der Waals surface area contributed by atoms with Crippen LogP contribution in [0, 0.1) is 17.0 Å². The lowest BCUT2D eigenvalue weighted by Crippen LogP contribution is -2.23. The summed E-state index contributed by atoms with van der Waals surface area (Å²) in [4.78, 5) is 28.9. The highest BCUT2D eigenvalue weighted by molar-refractivity contribution is 5.94. The summed E-state index contributed by atoms with van der Waals surface area (Å²) in [6.45, 7) is 1.88. The molecular formula is C12H12N4O3. The van der Waals surface area contributed by atoms with Crippen LogP contribution in [0.1, 0.15) is 21.7 Å². The highest BCUT2D eigenvalue weighted by Gasteiger charge is 2.13. The summed E-state index contributed by atoms with van der Waals surface area (Å²) in [6, 6.07) is 4.26. The monoisotopic (exact) mass is 260 g/mol. The second-order valence-electron chi connectivity index (χ2n) is 3.98. The third kappa shape index (κ3) is 2.95. The zero-order chi connectivity index (χ0) is 13.8. The van der Waals surface area contributed by atoms with Crippen LogP contribution in [-0.4, -0.2) is 20.8 Å². The molecule has 7 nitrogen and oxygen atoms in total. The molecule has 0 spiro atoms. The lowest BCUT2D eigenvalue weighted by atomic mass is 10.1. The number of benzene rings is 1. The topological polar surface area (TPSA) is 101 Å². The van der Waals surface area contributed by atoms with Crippen molar-refractivity contribution >= 4 is 11.6 Å². The number of hydrogen-bond acceptors (Lipinski definition) is 4. The fourth-order valence-corrected chi connectivity index (χ4v) is 1.66. The molecule has 0 fully saturated rings. The number of imidazole rings is 1. The molecule has 0 bridgehead atoms. The van der Waals surface area contributed by atoms with Crippen molar-refractivity contribution < 1.29 is 9.72 Å². The predicted molar refractivity (Wildman–Crippen MR) is 67.6 cm³/mol. The van der Waals surface area contributed by atoms with E-state index in [0.717, 1.165) is 0 Å². The lowest BCUT2D eigenvalue weighted by molar-refractivity contribution is -0.385. The summed E-state index contributed by atoms with van der Waals surface area (Å²) in [5, 5.41) is 13.4. The molecule has 98 valence electrons. The fourth-order valence-electron chi connectivity index (χ4n) is 1.66. The van der Waals surface area contributed by atoms with E-state index in [1.165, 1.54) is 18.2 Å². The Morgan fingerprint density at radius 3 is 2.89 bits per heavy atom. The second-order valence-corrected chi connectivity index (χ2v) is 3.98. The number of amides is 1. The number of carbonyl (C=O) groups excluding carboxylic acids is 1. The quantitative estimate of drug-likeness (QED) is 0.643. The number of aryl methyl sites for hydroxylation is 1. The summed E-state index contributed by atoms with van der Waals surface area (Å²) in [6.07, 6.45) is 3.26. The molecule has 2 rings (SSSR count). The van der Waals surface area contributed by atoms with E-state index < -0.39 is 4.92 Å². The molecule has 1 aromatic heterocycles. The van der Waals surface area contributed by atoms with E-state index in [-0.39, 0.29) is 18.1 Å². The van der Waals surface area contributed by atoms with Crippen molar-refractivity contribution in [1.29, 1.82) is 0 Å². The maximum absolute atomic E-state index is 11.9. The number of nitro groups is 1. The van der Waals surface area contributed by atoms with Crippen LogP contribution in [0.2, 0.25) is 0 Å². The summed E-state index contributed by atoms with van der Waals surface area (Å²) in [7, 11) is 0. The molecule has 2 aromatic rings. The van der Waals surface area contributed by atoms with Crippen molar-refractivity contribution in [3.05, 3.63) is 57.7 Å². The van der Waals surface area contributed by atoms with Gasteiger partial charge in [-0.2, -0.15) is 0 Å². The standard InChI is InChI=1S/C12H12N4O3/c1-8-6-9(2-3-10(8)16(18)19)12(17)15-7-11-13-4-5-14-11/h2-6H,7H2,1H3,(H,13,14)(H,15,17). The molecule has 0 unspecified atom stereocenters. The van der Waals surface area contributed by atoms with Gasteiger partial charge in [0.05, 0.1) is 11.5 Å². The molecule has 1 heterocycles. The first-order chi connectivity index (χ1) is 9.08. The average Bonchev–Trinajstić information content (AvgIpc) is 2.88. The Morgan fingerprint density at radius 2 is 2.32 bits per heavy atom. The second kappa shape index (κ2) is 5.30. The van der Waals surface area contributed by atoms with Crippen LogP contribution in [0.15, 0.2) is 30.6 Å². The molecule has 0 radical (unpaired) electrons. The van der Waals surface area contributed by atoms with E-state index in [1.807, 2.05) is 0 Å². The number of nitrogens with one attached hydrogen (secondary N) is 2. The molecule has 19 heavy (non-hydrogen) atoms. The molecule has 0 saturated carbocycles. The number of nitrogens with zero attached hydrogens (tertiary/aromatic N) is 2. The molecule has 1 aromatic carbocycles. The molecule has 0 aliphatic heterocycles. The Morgan fingerprint density at radius 1 is 1.53 bits per heavy atom. The van der Waals surface area contributed by atoms with Gasteiger partial charge in [0.2, 0.25) is 0 Å². The van der Waals surface area contributed by atoms with E-state index in [1.54, 1.807) is 19.3 Å². The molecule has 0 aliphatic rings. The molecule has 0 aliphatic carbocycles. The predicted octanol–water partition coefficient (Wildman–Crippen LogP) is 1.56. The van der Waals surface area contributed by atoms with Crippen molar-refractivity contribution in [2.45, 2.75) is 13.5 Å². The molecular weight excluding hydrogens is 248 g/mol. The third-order valence-corrected chi connectivity index (χ3v) is 2.63. The van der Waals surface area contributed by atoms with Gasteiger partial charge in [0.1, 0.15) is 5.82 Å². The largest absolute Gasteiger partial charge is 0.347 e. The van der Waals surface area contributed by atoms with Gasteiger partial charge >= 0.3 is 0 Å². The van der Waals surface area contributed by atoms with Crippen molar-refractivity contribution in [3.8, 4) is 0 Å². The van der Waals surface area contributed by atoms with Crippen molar-refractivity contribution in [3.63, 3.8) is 0 Å². The highest BCUT2D eigenvalue weighted by Crippen LogP contribution is 2.18. The molecule has 1 amide bonds. The van der Waals surface area contributed by atoms with Gasteiger partial charge in [-0.15, -0.1) is 0 Å². The Labute approximate surface area is 108 Å². The highest BCUT2D eigenvalue weighted by atomic mass is 16.6. The van der Waals surface area contributed by atoms with E-state index in [4.69, 9.17) is 0 Å². The van der Waals surface area contributed by atoms with Crippen LogP contribution in [0.25, 0.3) is 0 Å². The first kappa shape index (κ1) is 12.7. The maximum atomic E-state index is 11.9. The number of hydrogen-bond donors (Lipinski definition) is 2. The van der Waals surface area contributed by atoms with Crippen molar-refractivity contribution in [2.75, 3.05) is 0 Å². The summed E-state index contributed by atoms with van der Waals surface area (Å²) >= 11 is 0. The van der Waals surface area contributed by atoms with Gasteiger partial charge in [0, 0.05) is 29.6 Å². The number of nitro benzene ring substituents is 1. The van der Waals surface area contributed by atoms with Gasteiger partial charge in [0.25, 0.3) is 11.6 Å². The van der Waals surface area contributed by atoms with E-state index in [2.05, 4.69) is 15.3 Å². The average molecular weight is 260 g/mol. The SMILES string of the molecule is Cc1cc(C(=O)NCc2ncc[nH]2)ccc1[N+](=O)[O-]. The first-order valence-electron chi connectivity index (χ1n) is 5.59. The van der Waals surface area contributed by atoms with Gasteiger partial charge in [-0.25, -0.2) is 4.98 Å². The van der Waals surface area contributed by atoms with Crippen molar-refractivity contribution in [1.82, 2.24) is 15.3 Å². The number of rotatable bonds is 4. The first-order valence-corrected chi connectivity index (χ1v) is 5.59. The minimum atomic E-state index is -0.472. The van der Waals surface area contributed by atoms with Crippen LogP contribution in [-0.2, 0) is 6.54 Å². The Bertz CT molecular complexity index is 607. The van der Waals surface area contributed by atoms with Gasteiger partial charge in [-0.3, -0.25) is 14.9 Å². The summed E-state index contributed by atoms with van der Waals surface area (Å²) in [5.74, 6) is 0.349. The fraction of sp³-hybridized carbons (Fsp3) is 0.167. The van der Waals surface area contributed by atoms with Crippen molar-refractivity contribution in [2.24, 2.45) is 0 Å². The molecule has 2 N–H and O–H groups in total. The minimum Gasteiger partial charge on any atom is -0.347 e.